The molecule has 0 spiro atoms. The number of nitrogens with one attached hydrogen (secondary N) is 1. The van der Waals surface area contributed by atoms with Crippen LogP contribution in [0.2, 0.25) is 0 Å². The minimum absolute atomic E-state index is 0.114. The summed E-state index contributed by atoms with van der Waals surface area (Å²) in [5.41, 5.74) is 1.90. The van der Waals surface area contributed by atoms with Crippen molar-refractivity contribution in [1.82, 2.24) is 15.3 Å². The van der Waals surface area contributed by atoms with Crippen molar-refractivity contribution >= 4 is 0 Å². The van der Waals surface area contributed by atoms with Crippen LogP contribution in [0.3, 0.4) is 0 Å². The zero-order valence-corrected chi connectivity index (χ0v) is 11.3. The van der Waals surface area contributed by atoms with Crippen molar-refractivity contribution in [1.29, 1.82) is 0 Å². The topological polar surface area (TPSA) is 56.3 Å². The molecule has 0 aromatic carbocycles. The molecule has 5 heteroatoms. The molecule has 5 nitrogen and oxygen atoms in total. The Labute approximate surface area is 108 Å². The van der Waals surface area contributed by atoms with E-state index in [0.29, 0.717) is 25.1 Å². The molecule has 100 valence electrons. The molecule has 0 atom stereocenters. The van der Waals surface area contributed by atoms with Crippen molar-refractivity contribution in [3.63, 3.8) is 0 Å². The predicted octanol–water partition coefficient (Wildman–Crippen LogP) is 1.31. The summed E-state index contributed by atoms with van der Waals surface area (Å²) in [7, 11) is 0. The zero-order chi connectivity index (χ0) is 13.0. The molecule has 1 aliphatic rings. The van der Waals surface area contributed by atoms with Crippen LogP contribution in [0.5, 0.6) is 6.01 Å². The Morgan fingerprint density at radius 2 is 2.22 bits per heavy atom. The number of aromatic nitrogens is 2. The van der Waals surface area contributed by atoms with Crippen LogP contribution in [0.25, 0.3) is 0 Å². The van der Waals surface area contributed by atoms with E-state index in [1.165, 1.54) is 0 Å². The van der Waals surface area contributed by atoms with Gasteiger partial charge in [-0.25, -0.2) is 4.98 Å². The van der Waals surface area contributed by atoms with Gasteiger partial charge in [0.2, 0.25) is 0 Å². The fourth-order valence-corrected chi connectivity index (χ4v) is 1.67. The molecule has 2 heterocycles. The molecule has 1 N–H and O–H groups in total. The molecule has 0 bridgehead atoms. The molecule has 0 radical (unpaired) electrons. The molecule has 1 saturated heterocycles. The first-order chi connectivity index (χ1) is 8.63. The van der Waals surface area contributed by atoms with Crippen molar-refractivity contribution < 1.29 is 9.47 Å². The lowest BCUT2D eigenvalue weighted by molar-refractivity contribution is -0.0832. The van der Waals surface area contributed by atoms with E-state index in [1.54, 1.807) is 0 Å². The molecule has 1 aliphatic heterocycles. The van der Waals surface area contributed by atoms with E-state index in [0.717, 1.165) is 24.5 Å². The average Bonchev–Trinajstić information content (AvgIpc) is 2.22. The fourth-order valence-electron chi connectivity index (χ4n) is 1.67. The number of aryl methyl sites for hydroxylation is 1. The van der Waals surface area contributed by atoms with Gasteiger partial charge in [-0.05, 0) is 25.5 Å². The second-order valence-corrected chi connectivity index (χ2v) is 5.09. The number of hydrogen-bond acceptors (Lipinski definition) is 5. The minimum atomic E-state index is 0.114. The molecule has 0 saturated carbocycles. The summed E-state index contributed by atoms with van der Waals surface area (Å²) in [5, 5.41) is 3.37. The molecule has 1 aromatic rings. The number of ether oxygens (including phenoxy) is 2. The molecule has 0 aliphatic carbocycles. The zero-order valence-electron chi connectivity index (χ0n) is 11.3. The van der Waals surface area contributed by atoms with Crippen molar-refractivity contribution in [2.24, 2.45) is 5.92 Å². The summed E-state index contributed by atoms with van der Waals surface area (Å²) < 4.78 is 10.7. The maximum absolute atomic E-state index is 5.62. The van der Waals surface area contributed by atoms with Gasteiger partial charge in [0, 0.05) is 12.2 Å². The highest BCUT2D eigenvalue weighted by atomic mass is 16.6. The smallest absolute Gasteiger partial charge is 0.317 e. The van der Waals surface area contributed by atoms with E-state index in [9.17, 15) is 0 Å². The molecular weight excluding hydrogens is 230 g/mol. The van der Waals surface area contributed by atoms with Gasteiger partial charge in [0.1, 0.15) is 6.10 Å². The molecule has 2 rings (SSSR count). The minimum Gasteiger partial charge on any atom is -0.455 e. The van der Waals surface area contributed by atoms with Gasteiger partial charge in [-0.3, -0.25) is 0 Å². The van der Waals surface area contributed by atoms with E-state index in [1.807, 2.05) is 13.0 Å². The van der Waals surface area contributed by atoms with Crippen LogP contribution in [-0.4, -0.2) is 35.8 Å². The third-order valence-electron chi connectivity index (χ3n) is 2.63. The lowest BCUT2D eigenvalue weighted by Crippen LogP contribution is -2.39. The largest absolute Gasteiger partial charge is 0.455 e. The van der Waals surface area contributed by atoms with Gasteiger partial charge in [-0.2, -0.15) is 4.98 Å². The summed E-state index contributed by atoms with van der Waals surface area (Å²) in [6.45, 7) is 9.33. The average molecular weight is 251 g/mol. The first-order valence-corrected chi connectivity index (χ1v) is 6.43. The van der Waals surface area contributed by atoms with Crippen LogP contribution >= 0.6 is 0 Å². The van der Waals surface area contributed by atoms with Crippen LogP contribution in [-0.2, 0) is 11.3 Å². The molecule has 1 fully saturated rings. The lowest BCUT2D eigenvalue weighted by Gasteiger charge is -2.25. The summed E-state index contributed by atoms with van der Waals surface area (Å²) in [5.74, 6) is 0.635. The van der Waals surface area contributed by atoms with Crippen LogP contribution in [0.1, 0.15) is 25.2 Å². The van der Waals surface area contributed by atoms with E-state index in [4.69, 9.17) is 9.47 Å². The van der Waals surface area contributed by atoms with Crippen LogP contribution < -0.4 is 10.1 Å². The summed E-state index contributed by atoms with van der Waals surface area (Å²) in [4.78, 5) is 8.68. The standard InChI is InChI=1S/C13H21N3O2/c1-9(2)5-14-6-11-4-10(3)15-13(16-11)18-12-7-17-8-12/h4,9,12,14H,5-8H2,1-3H3. The Hall–Kier alpha value is -1.20. The summed E-state index contributed by atoms with van der Waals surface area (Å²) >= 11 is 0. The molecule has 0 amide bonds. The normalized spacial score (nSPS) is 15.8. The highest BCUT2D eigenvalue weighted by Crippen LogP contribution is 2.12. The Balaban J connectivity index is 1.92. The van der Waals surface area contributed by atoms with Crippen LogP contribution in [0.4, 0.5) is 0 Å². The van der Waals surface area contributed by atoms with Crippen molar-refractivity contribution in [2.45, 2.75) is 33.4 Å². The lowest BCUT2D eigenvalue weighted by atomic mass is 10.2. The maximum Gasteiger partial charge on any atom is 0.317 e. The van der Waals surface area contributed by atoms with Gasteiger partial charge in [0.05, 0.1) is 18.9 Å². The van der Waals surface area contributed by atoms with Gasteiger partial charge >= 0.3 is 6.01 Å². The molecule has 1 aromatic heterocycles. The first kappa shape index (κ1) is 13.2. The summed E-state index contributed by atoms with van der Waals surface area (Å²) in [6.07, 6.45) is 0.114. The van der Waals surface area contributed by atoms with Gasteiger partial charge < -0.3 is 14.8 Å². The monoisotopic (exact) mass is 251 g/mol. The summed E-state index contributed by atoms with van der Waals surface area (Å²) in [6, 6.07) is 2.45. The van der Waals surface area contributed by atoms with Crippen molar-refractivity contribution in [3.8, 4) is 6.01 Å². The number of rotatable bonds is 6. The van der Waals surface area contributed by atoms with Gasteiger partial charge in [-0.1, -0.05) is 13.8 Å². The number of nitrogens with zero attached hydrogens (tertiary/aromatic N) is 2. The third kappa shape index (κ3) is 3.92. The van der Waals surface area contributed by atoms with Crippen LogP contribution in [0, 0.1) is 12.8 Å². The maximum atomic E-state index is 5.62. The Morgan fingerprint density at radius 1 is 1.44 bits per heavy atom. The van der Waals surface area contributed by atoms with E-state index < -0.39 is 0 Å². The van der Waals surface area contributed by atoms with Gasteiger partial charge in [0.15, 0.2) is 0 Å². The van der Waals surface area contributed by atoms with E-state index in [-0.39, 0.29) is 6.10 Å². The number of hydrogen-bond donors (Lipinski definition) is 1. The predicted molar refractivity (Wildman–Crippen MR) is 68.5 cm³/mol. The van der Waals surface area contributed by atoms with Gasteiger partial charge in [0.25, 0.3) is 0 Å². The van der Waals surface area contributed by atoms with E-state index in [2.05, 4.69) is 29.1 Å². The molecular formula is C13H21N3O2. The Kier molecular flexibility index (Phi) is 4.49. The Bertz CT molecular complexity index is 392. The molecule has 0 unspecified atom stereocenters. The second-order valence-electron chi connectivity index (χ2n) is 5.09. The highest BCUT2D eigenvalue weighted by molar-refractivity contribution is 5.13. The van der Waals surface area contributed by atoms with Crippen molar-refractivity contribution in [3.05, 3.63) is 17.5 Å². The second kappa shape index (κ2) is 6.11. The Morgan fingerprint density at radius 3 is 2.83 bits per heavy atom. The molecule has 18 heavy (non-hydrogen) atoms. The van der Waals surface area contributed by atoms with Crippen molar-refractivity contribution in [2.75, 3.05) is 19.8 Å². The first-order valence-electron chi connectivity index (χ1n) is 6.43. The van der Waals surface area contributed by atoms with E-state index >= 15 is 0 Å². The quantitative estimate of drug-likeness (QED) is 0.826. The highest BCUT2D eigenvalue weighted by Gasteiger charge is 2.21. The fraction of sp³-hybridized carbons (Fsp3) is 0.692. The SMILES string of the molecule is Cc1cc(CNCC(C)C)nc(OC2COC2)n1. The van der Waals surface area contributed by atoms with Crippen LogP contribution in [0.15, 0.2) is 6.07 Å². The third-order valence-corrected chi connectivity index (χ3v) is 2.63. The van der Waals surface area contributed by atoms with Gasteiger partial charge in [-0.15, -0.1) is 0 Å².